The molecule has 2 spiro atoms. The molecule has 0 aromatic carbocycles. The number of hydrogen-bond acceptors (Lipinski definition) is 7. The zero-order chi connectivity index (χ0) is 24.9. The summed E-state index contributed by atoms with van der Waals surface area (Å²) in [7, 11) is 0. The van der Waals surface area contributed by atoms with Crippen LogP contribution in [-0.2, 0) is 14.3 Å². The van der Waals surface area contributed by atoms with Crippen molar-refractivity contribution >= 4 is 29.0 Å². The van der Waals surface area contributed by atoms with Gasteiger partial charge in [-0.2, -0.15) is 0 Å². The fourth-order valence-corrected chi connectivity index (χ4v) is 10.2. The average Bonchev–Trinajstić information content (AvgIpc) is 2.81. The molecule has 7 aliphatic rings. The first kappa shape index (κ1) is 22.3. The number of allylic oxidation sites excluding steroid dienone is 1. The van der Waals surface area contributed by atoms with Crippen LogP contribution < -0.4 is 0 Å². The van der Waals surface area contributed by atoms with Gasteiger partial charge in [0.2, 0.25) is 5.79 Å². The summed E-state index contributed by atoms with van der Waals surface area (Å²) in [6.07, 6.45) is 2.21. The maximum Gasteiger partial charge on any atom is 0.205 e. The third-order valence-corrected chi connectivity index (χ3v) is 11.4. The van der Waals surface area contributed by atoms with E-state index in [9.17, 15) is 24.6 Å². The highest BCUT2D eigenvalue weighted by Gasteiger charge is 2.96. The zero-order valence-electron chi connectivity index (χ0n) is 19.7. The Kier molecular flexibility index (Phi) is 3.90. The van der Waals surface area contributed by atoms with Gasteiger partial charge < -0.3 is 14.9 Å². The van der Waals surface area contributed by atoms with E-state index in [1.54, 1.807) is 12.1 Å². The molecule has 2 bridgehead atoms. The van der Waals surface area contributed by atoms with Crippen molar-refractivity contribution in [1.29, 1.82) is 0 Å². The lowest BCUT2D eigenvalue weighted by atomic mass is 9.18. The van der Waals surface area contributed by atoms with Crippen LogP contribution in [0.25, 0.3) is 0 Å². The van der Waals surface area contributed by atoms with E-state index in [-0.39, 0.29) is 29.0 Å². The van der Waals surface area contributed by atoms with Gasteiger partial charge in [-0.25, -0.2) is 4.98 Å². The number of pyridine rings is 1. The third-order valence-electron chi connectivity index (χ3n) is 11.1. The SMILES string of the molecule is C=C1C2CCC3C45COC(O)(C(O)C4C(C)(C)CCC5=O)C34C(=O)C1(C(=O)c1cccnc1Cl)C24. The normalized spacial score (nSPS) is 50.4. The Labute approximate surface area is 207 Å². The Morgan fingerprint density at radius 1 is 1.26 bits per heavy atom. The number of Topliss-reactive ketones (excluding diaryl/α,β-unsaturated/α-hetero) is 3. The zero-order valence-corrected chi connectivity index (χ0v) is 20.5. The predicted molar refractivity (Wildman–Crippen MR) is 123 cm³/mol. The van der Waals surface area contributed by atoms with Gasteiger partial charge >= 0.3 is 0 Å². The molecule has 7 fully saturated rings. The molecule has 7 nitrogen and oxygen atoms in total. The number of ether oxygens (including phenoxy) is 1. The average molecular weight is 498 g/mol. The summed E-state index contributed by atoms with van der Waals surface area (Å²) in [5, 5.41) is 23.9. The van der Waals surface area contributed by atoms with E-state index < -0.39 is 62.9 Å². The molecule has 184 valence electrons. The van der Waals surface area contributed by atoms with Crippen LogP contribution in [0.15, 0.2) is 30.5 Å². The van der Waals surface area contributed by atoms with Gasteiger partial charge in [0.25, 0.3) is 0 Å². The molecular weight excluding hydrogens is 470 g/mol. The first-order valence-electron chi connectivity index (χ1n) is 12.4. The topological polar surface area (TPSA) is 114 Å². The van der Waals surface area contributed by atoms with Gasteiger partial charge in [0.15, 0.2) is 11.6 Å². The van der Waals surface area contributed by atoms with Crippen LogP contribution in [0, 0.1) is 45.3 Å². The lowest BCUT2D eigenvalue weighted by Gasteiger charge is -2.84. The van der Waals surface area contributed by atoms with Gasteiger partial charge in [-0.1, -0.05) is 37.6 Å². The second-order valence-electron chi connectivity index (χ2n) is 12.3. The summed E-state index contributed by atoms with van der Waals surface area (Å²) in [6.45, 7) is 8.18. The Hall–Kier alpha value is -1.93. The summed E-state index contributed by atoms with van der Waals surface area (Å²) < 4.78 is 6.01. The second-order valence-corrected chi connectivity index (χ2v) is 12.6. The highest BCUT2D eigenvalue weighted by Crippen LogP contribution is 2.87. The van der Waals surface area contributed by atoms with E-state index >= 15 is 0 Å². The lowest BCUT2D eigenvalue weighted by molar-refractivity contribution is -0.459. The van der Waals surface area contributed by atoms with Crippen molar-refractivity contribution in [1.82, 2.24) is 4.98 Å². The Balaban J connectivity index is 1.44. The minimum Gasteiger partial charge on any atom is -0.387 e. The maximum atomic E-state index is 14.5. The van der Waals surface area contributed by atoms with Crippen molar-refractivity contribution in [2.45, 2.75) is 51.4 Å². The van der Waals surface area contributed by atoms with E-state index in [1.807, 2.05) is 13.8 Å². The standard InChI is InChI=1S/C27H28ClNO6/c1-12-13-6-7-15-24-11-35-27(34,20(32)18(24)23(2,3)9-8-16(24)30)26(15)17(13)25(12,22(26)33)19(31)14-5-4-10-29-21(14)28/h4-5,10,13,15,17-18,20,32,34H,1,6-9,11H2,2-3H3. The Bertz CT molecular complexity index is 1280. The molecule has 2 aliphatic heterocycles. The van der Waals surface area contributed by atoms with E-state index in [0.29, 0.717) is 31.3 Å². The minimum atomic E-state index is -2.16. The molecular formula is C27H28ClNO6. The fourth-order valence-electron chi connectivity index (χ4n) is 9.97. The monoisotopic (exact) mass is 497 g/mol. The number of nitrogens with zero attached hydrogens (tertiary/aromatic N) is 1. The molecule has 1 aromatic heterocycles. The van der Waals surface area contributed by atoms with Crippen molar-refractivity contribution in [3.8, 4) is 0 Å². The van der Waals surface area contributed by atoms with Crippen molar-refractivity contribution in [3.05, 3.63) is 41.2 Å². The number of aliphatic hydroxyl groups is 2. The van der Waals surface area contributed by atoms with Gasteiger partial charge in [-0.05, 0) is 48.6 Å². The predicted octanol–water partition coefficient (Wildman–Crippen LogP) is 2.77. The molecule has 9 unspecified atom stereocenters. The van der Waals surface area contributed by atoms with Crippen LogP contribution in [0.1, 0.15) is 49.9 Å². The first-order chi connectivity index (χ1) is 16.4. The third kappa shape index (κ3) is 1.88. The van der Waals surface area contributed by atoms with Crippen molar-refractivity contribution in [2.24, 2.45) is 45.3 Å². The van der Waals surface area contributed by atoms with Crippen LogP contribution in [0.2, 0.25) is 5.15 Å². The molecule has 1 aromatic rings. The molecule has 8 heteroatoms. The summed E-state index contributed by atoms with van der Waals surface area (Å²) in [6, 6.07) is 3.13. The summed E-state index contributed by atoms with van der Waals surface area (Å²) in [4.78, 5) is 46.2. The van der Waals surface area contributed by atoms with Crippen molar-refractivity contribution < 1.29 is 29.3 Å². The van der Waals surface area contributed by atoms with Crippen LogP contribution in [0.3, 0.4) is 0 Å². The molecule has 2 saturated heterocycles. The van der Waals surface area contributed by atoms with Crippen molar-refractivity contribution in [3.63, 3.8) is 0 Å². The number of halogens is 1. The van der Waals surface area contributed by atoms with E-state index in [1.165, 1.54) is 6.20 Å². The van der Waals surface area contributed by atoms with E-state index in [0.717, 1.165) is 0 Å². The Morgan fingerprint density at radius 3 is 2.71 bits per heavy atom. The highest BCUT2D eigenvalue weighted by atomic mass is 35.5. The molecule has 9 atom stereocenters. The van der Waals surface area contributed by atoms with Gasteiger partial charge in [-0.15, -0.1) is 0 Å². The summed E-state index contributed by atoms with van der Waals surface area (Å²) in [5.41, 5.74) is -3.88. The molecule has 2 N–H and O–H groups in total. The first-order valence-corrected chi connectivity index (χ1v) is 12.8. The number of rotatable bonds is 2. The largest absolute Gasteiger partial charge is 0.387 e. The number of hydrogen-bond donors (Lipinski definition) is 2. The molecule has 5 aliphatic carbocycles. The van der Waals surface area contributed by atoms with Crippen LogP contribution >= 0.6 is 11.6 Å². The van der Waals surface area contributed by atoms with Gasteiger partial charge in [0, 0.05) is 24.5 Å². The molecule has 35 heavy (non-hydrogen) atoms. The number of fused-ring (bicyclic) bond motifs is 1. The quantitative estimate of drug-likeness (QED) is 0.279. The van der Waals surface area contributed by atoms with Crippen LogP contribution in [0.4, 0.5) is 0 Å². The Morgan fingerprint density at radius 2 is 2.00 bits per heavy atom. The van der Waals surface area contributed by atoms with E-state index in [2.05, 4.69) is 11.6 Å². The van der Waals surface area contributed by atoms with Gasteiger partial charge in [0.05, 0.1) is 23.0 Å². The number of aromatic nitrogens is 1. The number of carbonyl (C=O) groups is 3. The highest BCUT2D eigenvalue weighted by molar-refractivity contribution is 6.35. The van der Waals surface area contributed by atoms with Gasteiger partial charge in [-0.3, -0.25) is 14.4 Å². The number of carbonyl (C=O) groups excluding carboxylic acids is 3. The number of aliphatic hydroxyl groups excluding tert-OH is 1. The minimum absolute atomic E-state index is 0.00414. The van der Waals surface area contributed by atoms with Crippen molar-refractivity contribution in [2.75, 3.05) is 6.61 Å². The molecule has 8 rings (SSSR count). The van der Waals surface area contributed by atoms with Crippen LogP contribution in [-0.4, -0.2) is 51.0 Å². The second kappa shape index (κ2) is 6.13. The fraction of sp³-hybridized carbons (Fsp3) is 0.630. The molecule has 3 heterocycles. The molecule has 0 amide bonds. The van der Waals surface area contributed by atoms with Crippen LogP contribution in [0.5, 0.6) is 0 Å². The number of ketones is 3. The lowest BCUT2D eigenvalue weighted by Crippen LogP contribution is -2.95. The molecule has 0 radical (unpaired) electrons. The maximum absolute atomic E-state index is 14.5. The summed E-state index contributed by atoms with van der Waals surface area (Å²) in [5.74, 6) is -4.93. The van der Waals surface area contributed by atoms with E-state index in [4.69, 9.17) is 16.3 Å². The van der Waals surface area contributed by atoms with Gasteiger partial charge in [0.1, 0.15) is 22.5 Å². The molecule has 5 saturated carbocycles. The smallest absolute Gasteiger partial charge is 0.205 e. The summed E-state index contributed by atoms with van der Waals surface area (Å²) >= 11 is 6.25.